The molecular weight excluding hydrogens is 328 g/mol. The van der Waals surface area contributed by atoms with E-state index in [1.54, 1.807) is 31.2 Å². The maximum absolute atomic E-state index is 12.6. The van der Waals surface area contributed by atoms with E-state index in [0.717, 1.165) is 18.7 Å². The van der Waals surface area contributed by atoms with Gasteiger partial charge in [0.25, 0.3) is 5.91 Å². The molecule has 0 aliphatic carbocycles. The van der Waals surface area contributed by atoms with Crippen LogP contribution in [0.2, 0.25) is 0 Å². The highest BCUT2D eigenvalue weighted by atomic mass is 16.5. The molecule has 136 valence electrons. The van der Waals surface area contributed by atoms with Crippen molar-refractivity contribution < 1.29 is 14.3 Å². The lowest BCUT2D eigenvalue weighted by atomic mass is 9.78. The zero-order chi connectivity index (χ0) is 18.7. The first-order valence-electron chi connectivity index (χ1n) is 8.87. The topological polar surface area (TPSA) is 67.4 Å². The van der Waals surface area contributed by atoms with Crippen molar-refractivity contribution in [3.8, 4) is 0 Å². The minimum Gasteiger partial charge on any atom is -0.462 e. The van der Waals surface area contributed by atoms with Gasteiger partial charge >= 0.3 is 5.97 Å². The number of ether oxygens (including phenoxy) is 1. The van der Waals surface area contributed by atoms with Crippen LogP contribution in [0.15, 0.2) is 42.5 Å². The molecule has 0 saturated heterocycles. The van der Waals surface area contributed by atoms with E-state index < -0.39 is 0 Å². The molecular formula is C21H24N2O3. The first-order valence-corrected chi connectivity index (χ1v) is 8.87. The molecule has 1 aliphatic rings. The third-order valence-corrected chi connectivity index (χ3v) is 4.73. The van der Waals surface area contributed by atoms with Crippen LogP contribution in [0.3, 0.4) is 0 Å². The summed E-state index contributed by atoms with van der Waals surface area (Å²) in [6.07, 6.45) is 1.07. The zero-order valence-corrected chi connectivity index (χ0v) is 15.4. The van der Waals surface area contributed by atoms with Gasteiger partial charge in [-0.2, -0.15) is 0 Å². The fourth-order valence-electron chi connectivity index (χ4n) is 3.17. The van der Waals surface area contributed by atoms with Crippen LogP contribution in [0, 0.1) is 0 Å². The van der Waals surface area contributed by atoms with Crippen LogP contribution in [-0.4, -0.2) is 25.0 Å². The molecule has 1 aliphatic heterocycles. The molecule has 0 unspecified atom stereocenters. The molecule has 0 atom stereocenters. The maximum Gasteiger partial charge on any atom is 0.338 e. The maximum atomic E-state index is 12.6. The largest absolute Gasteiger partial charge is 0.462 e. The molecule has 2 aromatic carbocycles. The number of rotatable bonds is 4. The number of benzene rings is 2. The van der Waals surface area contributed by atoms with Gasteiger partial charge in [-0.15, -0.1) is 0 Å². The van der Waals surface area contributed by atoms with E-state index >= 15 is 0 Å². The van der Waals surface area contributed by atoms with Crippen molar-refractivity contribution in [1.82, 2.24) is 0 Å². The molecule has 1 amide bonds. The highest BCUT2D eigenvalue weighted by molar-refractivity contribution is 6.05. The first kappa shape index (κ1) is 18.0. The molecule has 0 radical (unpaired) electrons. The fraction of sp³-hybridized carbons (Fsp3) is 0.333. The zero-order valence-electron chi connectivity index (χ0n) is 15.4. The number of esters is 1. The Morgan fingerprint density at radius 2 is 1.81 bits per heavy atom. The van der Waals surface area contributed by atoms with E-state index in [1.807, 2.05) is 18.2 Å². The molecule has 5 heteroatoms. The van der Waals surface area contributed by atoms with Gasteiger partial charge in [-0.25, -0.2) is 4.79 Å². The van der Waals surface area contributed by atoms with E-state index in [-0.39, 0.29) is 17.3 Å². The van der Waals surface area contributed by atoms with Crippen LogP contribution < -0.4 is 10.6 Å². The highest BCUT2D eigenvalue weighted by Gasteiger charge is 2.27. The van der Waals surface area contributed by atoms with Crippen molar-refractivity contribution in [2.75, 3.05) is 23.8 Å². The predicted molar refractivity (Wildman–Crippen MR) is 103 cm³/mol. The summed E-state index contributed by atoms with van der Waals surface area (Å²) in [5.41, 5.74) is 4.06. The predicted octanol–water partition coefficient (Wildman–Crippen LogP) is 4.21. The number of nitrogens with one attached hydrogen (secondary N) is 2. The Morgan fingerprint density at radius 1 is 1.12 bits per heavy atom. The van der Waals surface area contributed by atoms with Crippen molar-refractivity contribution in [3.05, 3.63) is 59.2 Å². The number of carbonyl (C=O) groups excluding carboxylic acids is 2. The lowest BCUT2D eigenvalue weighted by Gasteiger charge is -2.33. The summed E-state index contributed by atoms with van der Waals surface area (Å²) in [6.45, 7) is 7.44. The van der Waals surface area contributed by atoms with Crippen LogP contribution in [-0.2, 0) is 10.2 Å². The SMILES string of the molecule is CCOC(=O)c1ccc(NC(=O)c2ccc3c(c2)NCCC3(C)C)cc1. The van der Waals surface area contributed by atoms with Crippen LogP contribution in [0.4, 0.5) is 11.4 Å². The molecule has 2 N–H and O–H groups in total. The first-order chi connectivity index (χ1) is 12.4. The van der Waals surface area contributed by atoms with Gasteiger partial charge in [0.15, 0.2) is 0 Å². The van der Waals surface area contributed by atoms with Crippen molar-refractivity contribution in [1.29, 1.82) is 0 Å². The lowest BCUT2D eigenvalue weighted by molar-refractivity contribution is 0.0526. The van der Waals surface area contributed by atoms with E-state index in [9.17, 15) is 9.59 Å². The molecule has 0 bridgehead atoms. The lowest BCUT2D eigenvalue weighted by Crippen LogP contribution is -2.28. The molecule has 0 saturated carbocycles. The second-order valence-corrected chi connectivity index (χ2v) is 7.07. The number of carbonyl (C=O) groups is 2. The van der Waals surface area contributed by atoms with Gasteiger partial charge in [0.05, 0.1) is 12.2 Å². The van der Waals surface area contributed by atoms with Gasteiger partial charge in [-0.1, -0.05) is 19.9 Å². The van der Waals surface area contributed by atoms with Crippen LogP contribution in [0.1, 0.15) is 53.5 Å². The molecule has 1 heterocycles. The summed E-state index contributed by atoms with van der Waals surface area (Å²) < 4.78 is 4.95. The van der Waals surface area contributed by atoms with Crippen molar-refractivity contribution >= 4 is 23.3 Å². The standard InChI is InChI=1S/C21H24N2O3/c1-4-26-20(25)14-5-8-16(9-6-14)23-19(24)15-7-10-17-18(13-15)22-12-11-21(17,2)3/h5-10,13,22H,4,11-12H2,1-3H3,(H,23,24). The monoisotopic (exact) mass is 352 g/mol. The Hall–Kier alpha value is -2.82. The molecule has 2 aromatic rings. The van der Waals surface area contributed by atoms with Gasteiger partial charge in [-0.05, 0) is 60.7 Å². The molecule has 26 heavy (non-hydrogen) atoms. The fourth-order valence-corrected chi connectivity index (χ4v) is 3.17. The van der Waals surface area contributed by atoms with Gasteiger partial charge in [-0.3, -0.25) is 4.79 Å². The van der Waals surface area contributed by atoms with Gasteiger partial charge in [0.1, 0.15) is 0 Å². The summed E-state index contributed by atoms with van der Waals surface area (Å²) in [7, 11) is 0. The van der Waals surface area contributed by atoms with Gasteiger partial charge in [0, 0.05) is 23.5 Å². The summed E-state index contributed by atoms with van der Waals surface area (Å²) in [5, 5.41) is 6.24. The Labute approximate surface area is 153 Å². The normalized spacial score (nSPS) is 14.7. The summed E-state index contributed by atoms with van der Waals surface area (Å²) >= 11 is 0. The average molecular weight is 352 g/mol. The van der Waals surface area contributed by atoms with E-state index in [0.29, 0.717) is 23.4 Å². The smallest absolute Gasteiger partial charge is 0.338 e. The van der Waals surface area contributed by atoms with Crippen LogP contribution in [0.5, 0.6) is 0 Å². The van der Waals surface area contributed by atoms with Gasteiger partial charge in [0.2, 0.25) is 0 Å². The number of hydrogen-bond donors (Lipinski definition) is 2. The van der Waals surface area contributed by atoms with Crippen LogP contribution >= 0.6 is 0 Å². The third-order valence-electron chi connectivity index (χ3n) is 4.73. The van der Waals surface area contributed by atoms with Crippen LogP contribution in [0.25, 0.3) is 0 Å². The molecule has 5 nitrogen and oxygen atoms in total. The molecule has 0 fully saturated rings. The average Bonchev–Trinajstić information content (AvgIpc) is 2.62. The number of fused-ring (bicyclic) bond motifs is 1. The van der Waals surface area contributed by atoms with Gasteiger partial charge < -0.3 is 15.4 Å². The Balaban J connectivity index is 1.73. The Kier molecular flexibility index (Phi) is 4.98. The summed E-state index contributed by atoms with van der Waals surface area (Å²) in [5.74, 6) is -0.546. The summed E-state index contributed by atoms with van der Waals surface area (Å²) in [6, 6.07) is 12.5. The number of anilines is 2. The van der Waals surface area contributed by atoms with Crippen molar-refractivity contribution in [2.24, 2.45) is 0 Å². The molecule has 0 spiro atoms. The Bertz CT molecular complexity index is 826. The second kappa shape index (κ2) is 7.20. The number of amides is 1. The quantitative estimate of drug-likeness (QED) is 0.809. The van der Waals surface area contributed by atoms with E-state index in [2.05, 4.69) is 24.5 Å². The summed E-state index contributed by atoms with van der Waals surface area (Å²) in [4.78, 5) is 24.2. The van der Waals surface area contributed by atoms with E-state index in [1.165, 1.54) is 5.56 Å². The highest BCUT2D eigenvalue weighted by Crippen LogP contribution is 2.36. The Morgan fingerprint density at radius 3 is 2.50 bits per heavy atom. The van der Waals surface area contributed by atoms with Crippen molar-refractivity contribution in [3.63, 3.8) is 0 Å². The number of hydrogen-bond acceptors (Lipinski definition) is 4. The third kappa shape index (κ3) is 3.72. The molecule has 3 rings (SSSR count). The minimum atomic E-state index is -0.367. The van der Waals surface area contributed by atoms with Crippen molar-refractivity contribution in [2.45, 2.75) is 32.6 Å². The molecule has 0 aromatic heterocycles. The van der Waals surface area contributed by atoms with E-state index in [4.69, 9.17) is 4.74 Å². The minimum absolute atomic E-state index is 0.110. The second-order valence-electron chi connectivity index (χ2n) is 7.07.